The third-order valence-corrected chi connectivity index (χ3v) is 5.81. The van der Waals surface area contributed by atoms with Crippen molar-refractivity contribution < 1.29 is 29.4 Å². The summed E-state index contributed by atoms with van der Waals surface area (Å²) in [5, 5.41) is 25.9. The van der Waals surface area contributed by atoms with Crippen LogP contribution < -0.4 is 27.4 Å². The minimum atomic E-state index is -1.50. The number of benzene rings is 1. The molecule has 0 aromatic heterocycles. The Morgan fingerprint density at radius 3 is 2.11 bits per heavy atom. The van der Waals surface area contributed by atoms with Crippen LogP contribution in [0.4, 0.5) is 0 Å². The van der Waals surface area contributed by atoms with Crippen molar-refractivity contribution in [3.8, 4) is 0 Å². The summed E-state index contributed by atoms with van der Waals surface area (Å²) in [6.45, 7) is 3.25. The smallest absolute Gasteiger partial charge is 0.328 e. The molecule has 0 heterocycles. The van der Waals surface area contributed by atoms with Crippen molar-refractivity contribution in [1.82, 2.24) is 16.0 Å². The monoisotopic (exact) mass is 493 g/mol. The van der Waals surface area contributed by atoms with Gasteiger partial charge in [0, 0.05) is 0 Å². The summed E-state index contributed by atoms with van der Waals surface area (Å²) in [5.74, 6) is -3.48. The van der Waals surface area contributed by atoms with Crippen molar-refractivity contribution in [2.45, 2.75) is 70.1 Å². The lowest BCUT2D eigenvalue weighted by atomic mass is 9.96. The highest BCUT2D eigenvalue weighted by atomic mass is 16.4. The quantitative estimate of drug-likeness (QED) is 0.146. The molecule has 0 spiro atoms. The molecule has 0 aliphatic rings. The molecular weight excluding hydrogens is 454 g/mol. The molecule has 11 nitrogen and oxygen atoms in total. The van der Waals surface area contributed by atoms with Gasteiger partial charge in [-0.3, -0.25) is 14.4 Å². The summed E-state index contributed by atoms with van der Waals surface area (Å²) < 4.78 is 0. The molecule has 0 aliphatic carbocycles. The molecule has 0 bridgehead atoms. The lowest BCUT2D eigenvalue weighted by Gasteiger charge is -2.28. The fraction of sp³-hybridized carbons (Fsp3) is 0.583. The lowest BCUT2D eigenvalue weighted by molar-refractivity contribution is -0.143. The Bertz CT molecular complexity index is 822. The van der Waals surface area contributed by atoms with Crippen molar-refractivity contribution in [3.05, 3.63) is 35.9 Å². The van der Waals surface area contributed by atoms with Crippen molar-refractivity contribution in [2.75, 3.05) is 13.2 Å². The van der Waals surface area contributed by atoms with E-state index in [4.69, 9.17) is 16.6 Å². The van der Waals surface area contributed by atoms with Gasteiger partial charge in [-0.1, -0.05) is 50.6 Å². The Hall–Kier alpha value is -3.02. The highest BCUT2D eigenvalue weighted by Crippen LogP contribution is 2.11. The molecule has 0 radical (unpaired) electrons. The number of rotatable bonds is 16. The van der Waals surface area contributed by atoms with Gasteiger partial charge in [0.1, 0.15) is 18.1 Å². The second-order valence-corrected chi connectivity index (χ2v) is 8.60. The fourth-order valence-electron chi connectivity index (χ4n) is 3.40. The molecule has 3 amide bonds. The van der Waals surface area contributed by atoms with Crippen molar-refractivity contribution in [3.63, 3.8) is 0 Å². The zero-order valence-electron chi connectivity index (χ0n) is 20.4. The van der Waals surface area contributed by atoms with Crippen LogP contribution in [-0.4, -0.2) is 71.2 Å². The number of unbranched alkanes of at least 4 members (excludes halogenated alkanes) is 1. The van der Waals surface area contributed by atoms with E-state index >= 15 is 0 Å². The second-order valence-electron chi connectivity index (χ2n) is 8.60. The first-order valence-electron chi connectivity index (χ1n) is 11.9. The van der Waals surface area contributed by atoms with Crippen molar-refractivity contribution >= 4 is 23.7 Å². The third-order valence-electron chi connectivity index (χ3n) is 5.81. The number of amides is 3. The van der Waals surface area contributed by atoms with E-state index in [1.54, 1.807) is 6.92 Å². The highest BCUT2D eigenvalue weighted by molar-refractivity contribution is 5.94. The Morgan fingerprint density at radius 1 is 0.943 bits per heavy atom. The molecule has 5 unspecified atom stereocenters. The zero-order chi connectivity index (χ0) is 26.4. The first-order valence-corrected chi connectivity index (χ1v) is 11.9. The number of carbonyl (C=O) groups is 4. The molecule has 1 aromatic rings. The molecule has 0 aliphatic heterocycles. The van der Waals surface area contributed by atoms with Crippen molar-refractivity contribution in [1.29, 1.82) is 0 Å². The number of aliphatic hydroxyl groups excluding tert-OH is 1. The van der Waals surface area contributed by atoms with Gasteiger partial charge in [0.15, 0.2) is 0 Å². The lowest BCUT2D eigenvalue weighted by Crippen LogP contribution is -2.59. The number of nitrogens with one attached hydrogen (secondary N) is 3. The predicted molar refractivity (Wildman–Crippen MR) is 131 cm³/mol. The Balaban J connectivity index is 2.94. The molecule has 0 saturated heterocycles. The number of hydrogen-bond donors (Lipinski definition) is 7. The van der Waals surface area contributed by atoms with Crippen LogP contribution in [0.15, 0.2) is 30.3 Å². The van der Waals surface area contributed by atoms with E-state index in [2.05, 4.69) is 16.0 Å². The molecule has 35 heavy (non-hydrogen) atoms. The summed E-state index contributed by atoms with van der Waals surface area (Å²) >= 11 is 0. The van der Waals surface area contributed by atoms with E-state index in [-0.39, 0.29) is 12.3 Å². The molecule has 196 valence electrons. The largest absolute Gasteiger partial charge is 0.480 e. The normalized spacial score (nSPS) is 15.2. The first kappa shape index (κ1) is 30.0. The summed E-state index contributed by atoms with van der Waals surface area (Å²) in [6, 6.07) is 4.86. The van der Waals surface area contributed by atoms with Crippen LogP contribution in [0.3, 0.4) is 0 Å². The number of hydrogen-bond acceptors (Lipinski definition) is 7. The van der Waals surface area contributed by atoms with Gasteiger partial charge >= 0.3 is 5.97 Å². The number of aliphatic carboxylic acids is 1. The maximum absolute atomic E-state index is 13.2. The van der Waals surface area contributed by atoms with E-state index in [0.29, 0.717) is 32.2 Å². The average Bonchev–Trinajstić information content (AvgIpc) is 2.84. The molecular formula is C24H39N5O6. The van der Waals surface area contributed by atoms with E-state index in [9.17, 15) is 24.3 Å². The van der Waals surface area contributed by atoms with Gasteiger partial charge in [0.2, 0.25) is 17.7 Å². The van der Waals surface area contributed by atoms with Crippen LogP contribution in [0.1, 0.15) is 45.1 Å². The maximum Gasteiger partial charge on any atom is 0.328 e. The van der Waals surface area contributed by atoms with Gasteiger partial charge < -0.3 is 37.6 Å². The highest BCUT2D eigenvalue weighted by Gasteiger charge is 2.32. The van der Waals surface area contributed by atoms with Crippen molar-refractivity contribution in [2.24, 2.45) is 17.4 Å². The van der Waals surface area contributed by atoms with Gasteiger partial charge in [-0.15, -0.1) is 0 Å². The summed E-state index contributed by atoms with van der Waals surface area (Å²) in [4.78, 5) is 49.8. The summed E-state index contributed by atoms with van der Waals surface area (Å²) in [6.07, 6.45) is 2.18. The number of aliphatic hydroxyl groups is 1. The van der Waals surface area contributed by atoms with Crippen LogP contribution in [0.2, 0.25) is 0 Å². The van der Waals surface area contributed by atoms with E-state index in [0.717, 1.165) is 5.56 Å². The maximum atomic E-state index is 13.2. The van der Waals surface area contributed by atoms with E-state index < -0.39 is 54.5 Å². The van der Waals surface area contributed by atoms with E-state index in [1.807, 2.05) is 37.3 Å². The Labute approximate surface area is 206 Å². The Kier molecular flexibility index (Phi) is 13.5. The number of carboxylic acids is 1. The number of carboxylic acid groups (broad SMARTS) is 1. The van der Waals surface area contributed by atoms with Gasteiger partial charge in [-0.05, 0) is 43.7 Å². The molecule has 11 heteroatoms. The molecule has 5 atom stereocenters. The molecule has 0 fully saturated rings. The van der Waals surface area contributed by atoms with Gasteiger partial charge in [-0.25, -0.2) is 4.79 Å². The van der Waals surface area contributed by atoms with E-state index in [1.165, 1.54) is 0 Å². The molecule has 1 aromatic carbocycles. The topological polar surface area (TPSA) is 197 Å². The fourth-order valence-corrected chi connectivity index (χ4v) is 3.40. The van der Waals surface area contributed by atoms with Crippen LogP contribution in [0.5, 0.6) is 0 Å². The second kappa shape index (κ2) is 15.8. The molecule has 9 N–H and O–H groups in total. The minimum Gasteiger partial charge on any atom is -0.480 e. The zero-order valence-corrected chi connectivity index (χ0v) is 20.4. The first-order chi connectivity index (χ1) is 16.6. The van der Waals surface area contributed by atoms with Crippen LogP contribution >= 0.6 is 0 Å². The van der Waals surface area contributed by atoms with Crippen LogP contribution in [0.25, 0.3) is 0 Å². The predicted octanol–water partition coefficient (Wildman–Crippen LogP) is -0.737. The molecule has 1 rings (SSSR count). The molecule has 0 saturated carbocycles. The summed E-state index contributed by atoms with van der Waals surface area (Å²) in [5.41, 5.74) is 12.5. The SMILES string of the molecule is CCC(C)C(NC(=O)C(N)Cc1ccccc1)C(=O)NC(CCCCN)C(=O)NC(CO)C(=O)O. The van der Waals surface area contributed by atoms with Crippen LogP contribution in [0, 0.1) is 5.92 Å². The number of nitrogens with two attached hydrogens (primary N) is 2. The van der Waals surface area contributed by atoms with Gasteiger partial charge in [-0.2, -0.15) is 0 Å². The van der Waals surface area contributed by atoms with Crippen LogP contribution in [-0.2, 0) is 25.6 Å². The van der Waals surface area contributed by atoms with Gasteiger partial charge in [0.25, 0.3) is 0 Å². The standard InChI is InChI=1S/C24H39N5O6/c1-3-15(2)20(29-21(31)17(26)13-16-9-5-4-6-10-16)23(33)27-18(11-7-8-12-25)22(32)28-19(14-30)24(34)35/h4-6,9-10,15,17-20,30H,3,7-8,11-14,25-26H2,1-2H3,(H,27,33)(H,28,32)(H,29,31)(H,34,35). The van der Waals surface area contributed by atoms with Gasteiger partial charge in [0.05, 0.1) is 12.6 Å². The number of carbonyl (C=O) groups excluding carboxylic acids is 3. The Morgan fingerprint density at radius 2 is 1.57 bits per heavy atom. The average molecular weight is 494 g/mol. The summed E-state index contributed by atoms with van der Waals surface area (Å²) in [7, 11) is 0. The third kappa shape index (κ3) is 10.4. The minimum absolute atomic E-state index is 0.210.